The van der Waals surface area contributed by atoms with Crippen LogP contribution in [-0.4, -0.2) is 19.9 Å². The summed E-state index contributed by atoms with van der Waals surface area (Å²) in [5.74, 6) is -0.277. The molecular weight excluding hydrogens is 347 g/mol. The van der Waals surface area contributed by atoms with E-state index in [1.807, 2.05) is 0 Å². The lowest BCUT2D eigenvalue weighted by Crippen LogP contribution is -2.11. The second-order valence-electron chi connectivity index (χ2n) is 5.67. The Morgan fingerprint density at radius 1 is 1.12 bits per heavy atom. The lowest BCUT2D eigenvalue weighted by Gasteiger charge is -2.12. The molecule has 0 saturated carbocycles. The molecule has 2 aromatic carbocycles. The second-order valence-corrected chi connectivity index (χ2v) is 5.67. The summed E-state index contributed by atoms with van der Waals surface area (Å²) < 4.78 is 50.2. The predicted octanol–water partition coefficient (Wildman–Crippen LogP) is 3.94. The molecule has 0 spiro atoms. The van der Waals surface area contributed by atoms with E-state index in [-0.39, 0.29) is 22.8 Å². The fourth-order valence-electron chi connectivity index (χ4n) is 2.80. The van der Waals surface area contributed by atoms with E-state index in [1.165, 1.54) is 13.2 Å². The topological polar surface area (TPSA) is 47.6 Å². The van der Waals surface area contributed by atoms with Crippen molar-refractivity contribution < 1.29 is 27.4 Å². The Balaban J connectivity index is 2.08. The van der Waals surface area contributed by atoms with Crippen molar-refractivity contribution in [3.63, 3.8) is 0 Å². The van der Waals surface area contributed by atoms with Gasteiger partial charge in [-0.3, -0.25) is 4.79 Å². The fraction of sp³-hybridized carbons (Fsp3) is 0.211. The maximum atomic E-state index is 13.2. The van der Waals surface area contributed by atoms with Gasteiger partial charge in [-0.05, 0) is 23.8 Å². The number of Topliss-reactive ketones (excluding diaryl/α,β-unsaturated/α-hetero) is 1. The maximum absolute atomic E-state index is 13.2. The van der Waals surface area contributed by atoms with Crippen molar-refractivity contribution in [2.45, 2.75) is 12.3 Å². The van der Waals surface area contributed by atoms with E-state index < -0.39 is 23.6 Å². The largest absolute Gasteiger partial charge is 0.497 e. The minimum absolute atomic E-state index is 0.00809. The van der Waals surface area contributed by atoms with Crippen molar-refractivity contribution in [1.82, 2.24) is 5.32 Å². The van der Waals surface area contributed by atoms with Crippen molar-refractivity contribution >= 4 is 11.4 Å². The van der Waals surface area contributed by atoms with E-state index in [9.17, 15) is 18.0 Å². The van der Waals surface area contributed by atoms with Gasteiger partial charge < -0.3 is 14.8 Å². The van der Waals surface area contributed by atoms with Crippen molar-refractivity contribution in [3.8, 4) is 5.75 Å². The number of hydrogen-bond donors (Lipinski definition) is 1. The number of alkyl halides is 3. The fourth-order valence-corrected chi connectivity index (χ4v) is 2.80. The number of carbonyl (C=O) groups is 1. The second kappa shape index (κ2) is 6.74. The Labute approximate surface area is 148 Å². The first-order valence-corrected chi connectivity index (χ1v) is 7.79. The molecule has 7 heteroatoms. The Morgan fingerprint density at radius 3 is 2.38 bits per heavy atom. The molecular formula is C19H16F3NO3. The van der Waals surface area contributed by atoms with Crippen LogP contribution in [0.15, 0.2) is 54.4 Å². The molecule has 0 saturated heterocycles. The number of rotatable bonds is 4. The van der Waals surface area contributed by atoms with Gasteiger partial charge in [0.2, 0.25) is 5.78 Å². The van der Waals surface area contributed by atoms with Gasteiger partial charge in [0, 0.05) is 12.6 Å². The molecule has 1 unspecified atom stereocenters. The van der Waals surface area contributed by atoms with Crippen LogP contribution in [0, 0.1) is 0 Å². The Morgan fingerprint density at radius 2 is 1.81 bits per heavy atom. The van der Waals surface area contributed by atoms with E-state index in [4.69, 9.17) is 9.47 Å². The third kappa shape index (κ3) is 3.24. The highest BCUT2D eigenvalue weighted by atomic mass is 19.4. The summed E-state index contributed by atoms with van der Waals surface area (Å²) in [5.41, 5.74) is -0.125. The first-order valence-electron chi connectivity index (χ1n) is 7.79. The smallest absolute Gasteiger partial charge is 0.416 e. The number of benzene rings is 2. The third-order valence-electron chi connectivity index (χ3n) is 4.03. The SMILES string of the molecule is CNC1=C(c2cc(OC)cc(C(F)(F)F)c2)C(=O)C(c2ccccc2)O1. The molecule has 0 aliphatic carbocycles. The van der Waals surface area contributed by atoms with Gasteiger partial charge >= 0.3 is 6.18 Å². The molecule has 0 amide bonds. The van der Waals surface area contributed by atoms with Crippen molar-refractivity contribution in [3.05, 3.63) is 71.1 Å². The molecule has 1 aliphatic rings. The van der Waals surface area contributed by atoms with Gasteiger partial charge in [0.1, 0.15) is 5.75 Å². The van der Waals surface area contributed by atoms with Crippen LogP contribution >= 0.6 is 0 Å². The highest BCUT2D eigenvalue weighted by Crippen LogP contribution is 2.40. The van der Waals surface area contributed by atoms with Crippen LogP contribution in [0.4, 0.5) is 13.2 Å². The first-order chi connectivity index (χ1) is 12.3. The van der Waals surface area contributed by atoms with Gasteiger partial charge in [-0.1, -0.05) is 30.3 Å². The highest BCUT2D eigenvalue weighted by molar-refractivity contribution is 6.25. The molecule has 1 N–H and O–H groups in total. The van der Waals surface area contributed by atoms with Crippen molar-refractivity contribution in [2.24, 2.45) is 0 Å². The van der Waals surface area contributed by atoms with Crippen LogP contribution in [0.2, 0.25) is 0 Å². The van der Waals surface area contributed by atoms with Crippen LogP contribution in [0.1, 0.15) is 22.8 Å². The maximum Gasteiger partial charge on any atom is 0.416 e. The zero-order valence-electron chi connectivity index (χ0n) is 14.1. The number of ether oxygens (including phenoxy) is 2. The third-order valence-corrected chi connectivity index (χ3v) is 4.03. The summed E-state index contributed by atoms with van der Waals surface area (Å²) in [6.07, 6.45) is -5.47. The van der Waals surface area contributed by atoms with E-state index in [2.05, 4.69) is 5.32 Å². The predicted molar refractivity (Wildman–Crippen MR) is 89.3 cm³/mol. The summed E-state index contributed by atoms with van der Waals surface area (Å²) in [6, 6.07) is 12.0. The molecule has 1 heterocycles. The number of carbonyl (C=O) groups excluding carboxylic acids is 1. The molecule has 0 aromatic heterocycles. The Hall–Kier alpha value is -2.96. The molecule has 3 rings (SSSR count). The van der Waals surface area contributed by atoms with Crippen LogP contribution in [0.25, 0.3) is 5.57 Å². The van der Waals surface area contributed by atoms with E-state index >= 15 is 0 Å². The average molecular weight is 363 g/mol. The highest BCUT2D eigenvalue weighted by Gasteiger charge is 2.38. The molecule has 26 heavy (non-hydrogen) atoms. The monoisotopic (exact) mass is 363 g/mol. The minimum Gasteiger partial charge on any atom is -0.497 e. The molecule has 136 valence electrons. The molecule has 0 bridgehead atoms. The zero-order valence-corrected chi connectivity index (χ0v) is 14.1. The molecule has 1 atom stereocenters. The van der Waals surface area contributed by atoms with Gasteiger partial charge in [0.15, 0.2) is 12.0 Å². The standard InChI is InChI=1S/C19H16F3NO3/c1-23-18-15(16(24)17(26-18)11-6-4-3-5-7-11)12-8-13(19(20,21)22)10-14(9-12)25-2/h3-10,17,23H,1-2H3. The first kappa shape index (κ1) is 17.8. The van der Waals surface area contributed by atoms with Gasteiger partial charge in [-0.2, -0.15) is 13.2 Å². The Kier molecular flexibility index (Phi) is 4.63. The van der Waals surface area contributed by atoms with Gasteiger partial charge in [0.05, 0.1) is 18.2 Å². The summed E-state index contributed by atoms with van der Waals surface area (Å²) in [6.45, 7) is 0. The van der Waals surface area contributed by atoms with Crippen molar-refractivity contribution in [2.75, 3.05) is 14.2 Å². The van der Waals surface area contributed by atoms with Crippen LogP contribution in [0.3, 0.4) is 0 Å². The molecule has 0 fully saturated rings. The number of ketones is 1. The minimum atomic E-state index is -4.56. The van der Waals surface area contributed by atoms with Crippen LogP contribution < -0.4 is 10.1 Å². The normalized spacial score (nSPS) is 17.3. The van der Waals surface area contributed by atoms with Crippen LogP contribution in [-0.2, 0) is 15.7 Å². The lowest BCUT2D eigenvalue weighted by atomic mass is 9.95. The Bertz CT molecular complexity index is 860. The van der Waals surface area contributed by atoms with E-state index in [0.29, 0.717) is 5.56 Å². The summed E-state index contributed by atoms with van der Waals surface area (Å²) in [4.78, 5) is 12.9. The lowest BCUT2D eigenvalue weighted by molar-refractivity contribution is -0.137. The summed E-state index contributed by atoms with van der Waals surface area (Å²) >= 11 is 0. The summed E-state index contributed by atoms with van der Waals surface area (Å²) in [5, 5.41) is 2.75. The number of halogens is 3. The molecule has 2 aromatic rings. The van der Waals surface area contributed by atoms with E-state index in [1.54, 1.807) is 37.4 Å². The molecule has 1 aliphatic heterocycles. The number of nitrogens with one attached hydrogen (secondary N) is 1. The van der Waals surface area contributed by atoms with E-state index in [0.717, 1.165) is 12.1 Å². The number of hydrogen-bond acceptors (Lipinski definition) is 4. The number of methoxy groups -OCH3 is 1. The van der Waals surface area contributed by atoms with Gasteiger partial charge in [0.25, 0.3) is 0 Å². The van der Waals surface area contributed by atoms with Gasteiger partial charge in [-0.25, -0.2) is 0 Å². The van der Waals surface area contributed by atoms with Crippen LogP contribution in [0.5, 0.6) is 5.75 Å². The average Bonchev–Trinajstić information content (AvgIpc) is 2.97. The quantitative estimate of drug-likeness (QED) is 0.894. The van der Waals surface area contributed by atoms with Crippen molar-refractivity contribution in [1.29, 1.82) is 0 Å². The zero-order chi connectivity index (χ0) is 18.9. The molecule has 4 nitrogen and oxygen atoms in total. The van der Waals surface area contributed by atoms with Gasteiger partial charge in [-0.15, -0.1) is 0 Å². The molecule has 0 radical (unpaired) electrons. The summed E-state index contributed by atoms with van der Waals surface area (Å²) in [7, 11) is 2.81.